The van der Waals surface area contributed by atoms with Gasteiger partial charge in [0.05, 0.1) is 11.2 Å². The second-order valence-corrected chi connectivity index (χ2v) is 15.5. The molecule has 2 nitrogen and oxygen atoms in total. The monoisotopic (exact) mass is 691 g/mol. The first-order valence-electron chi connectivity index (χ1n) is 16.6. The van der Waals surface area contributed by atoms with Crippen LogP contribution >= 0.6 is 34.0 Å². The SMILES string of the molecule is c1csc(-c2cccc3nc(-c4cccc5sc6ccccc6c45)c(-c4cccc5oc6ccccc6c45)c(-c4csc5ccccc45)c23)c1. The van der Waals surface area contributed by atoms with Crippen LogP contribution in [0.1, 0.15) is 0 Å². The molecule has 11 rings (SSSR count). The Kier molecular flexibility index (Phi) is 6.20. The number of aromatic nitrogens is 1. The molecule has 6 aromatic carbocycles. The molecule has 5 heterocycles. The first kappa shape index (κ1) is 28.3. The lowest BCUT2D eigenvalue weighted by Gasteiger charge is -2.21. The second-order valence-electron chi connectivity index (χ2n) is 12.6. The standard InChI is InChI=1S/C45H25NOS3/c1-4-18-34-27(12-1)40-30(15-8-19-35(40)47-34)44-43(32-25-49-36-20-5-2-11-26(32)36)42-28(37-23-10-24-48-37)14-7-17-33(42)46-45(44)31-16-9-22-39-41(31)29-13-3-6-21-38(29)50-39/h1-25H. The highest BCUT2D eigenvalue weighted by atomic mass is 32.1. The Balaban J connectivity index is 1.42. The molecule has 0 aliphatic carbocycles. The molecule has 0 atom stereocenters. The summed E-state index contributed by atoms with van der Waals surface area (Å²) in [4.78, 5) is 6.96. The van der Waals surface area contributed by atoms with Gasteiger partial charge in [-0.05, 0) is 58.8 Å². The van der Waals surface area contributed by atoms with E-state index in [0.29, 0.717) is 0 Å². The fourth-order valence-electron chi connectivity index (χ4n) is 7.81. The van der Waals surface area contributed by atoms with Gasteiger partial charge in [0.2, 0.25) is 0 Å². The molecule has 50 heavy (non-hydrogen) atoms. The van der Waals surface area contributed by atoms with Crippen LogP contribution in [0, 0.1) is 0 Å². The maximum atomic E-state index is 6.53. The van der Waals surface area contributed by atoms with Crippen LogP contribution in [0.3, 0.4) is 0 Å². The molecule has 0 amide bonds. The van der Waals surface area contributed by atoms with Gasteiger partial charge in [-0.25, -0.2) is 4.98 Å². The van der Waals surface area contributed by atoms with Crippen LogP contribution in [0.5, 0.6) is 0 Å². The van der Waals surface area contributed by atoms with E-state index in [4.69, 9.17) is 9.40 Å². The van der Waals surface area contributed by atoms with Gasteiger partial charge in [0.15, 0.2) is 0 Å². The van der Waals surface area contributed by atoms with E-state index < -0.39 is 0 Å². The van der Waals surface area contributed by atoms with Crippen LogP contribution in [-0.4, -0.2) is 4.98 Å². The van der Waals surface area contributed by atoms with Crippen molar-refractivity contribution in [3.63, 3.8) is 0 Å². The fraction of sp³-hybridized carbons (Fsp3) is 0. The average molecular weight is 692 g/mol. The number of thiophene rings is 3. The third kappa shape index (κ3) is 4.09. The molecular weight excluding hydrogens is 667 g/mol. The van der Waals surface area contributed by atoms with E-state index in [1.54, 1.807) is 22.7 Å². The van der Waals surface area contributed by atoms with Gasteiger partial charge in [-0.3, -0.25) is 0 Å². The van der Waals surface area contributed by atoms with Gasteiger partial charge in [0.1, 0.15) is 11.2 Å². The lowest BCUT2D eigenvalue weighted by Crippen LogP contribution is -1.98. The van der Waals surface area contributed by atoms with E-state index >= 15 is 0 Å². The maximum Gasteiger partial charge on any atom is 0.136 e. The summed E-state index contributed by atoms with van der Waals surface area (Å²) in [5, 5.41) is 11.7. The van der Waals surface area contributed by atoms with Crippen molar-refractivity contribution in [2.24, 2.45) is 0 Å². The highest BCUT2D eigenvalue weighted by molar-refractivity contribution is 7.26. The number of hydrogen-bond acceptors (Lipinski definition) is 5. The van der Waals surface area contributed by atoms with Crippen molar-refractivity contribution in [1.29, 1.82) is 0 Å². The normalized spacial score (nSPS) is 12.0. The molecule has 0 aliphatic heterocycles. The summed E-state index contributed by atoms with van der Waals surface area (Å²) in [6.45, 7) is 0. The number of fused-ring (bicyclic) bond motifs is 8. The zero-order valence-electron chi connectivity index (χ0n) is 26.5. The highest BCUT2D eigenvalue weighted by Crippen LogP contribution is 2.53. The predicted octanol–water partition coefficient (Wildman–Crippen LogP) is 14.4. The van der Waals surface area contributed by atoms with Gasteiger partial charge in [-0.1, -0.05) is 97.1 Å². The van der Waals surface area contributed by atoms with E-state index in [9.17, 15) is 0 Å². The van der Waals surface area contributed by atoms with Gasteiger partial charge in [0, 0.05) is 79.1 Å². The third-order valence-corrected chi connectivity index (χ3v) is 12.9. The largest absolute Gasteiger partial charge is 0.456 e. The van der Waals surface area contributed by atoms with Crippen molar-refractivity contribution < 1.29 is 4.42 Å². The number of para-hydroxylation sites is 1. The van der Waals surface area contributed by atoms with Crippen molar-refractivity contribution in [3.8, 4) is 44.0 Å². The molecule has 5 aromatic heterocycles. The highest BCUT2D eigenvalue weighted by Gasteiger charge is 2.27. The third-order valence-electron chi connectivity index (χ3n) is 9.88. The molecule has 0 fully saturated rings. The fourth-order valence-corrected chi connectivity index (χ4v) is 10.6. The Morgan fingerprint density at radius 3 is 2.06 bits per heavy atom. The maximum absolute atomic E-state index is 6.53. The molecule has 0 radical (unpaired) electrons. The Morgan fingerprint density at radius 2 is 1.16 bits per heavy atom. The van der Waals surface area contributed by atoms with Gasteiger partial charge >= 0.3 is 0 Å². The molecule has 0 spiro atoms. The Bertz CT molecular complexity index is 3110. The van der Waals surface area contributed by atoms with E-state index in [2.05, 4.69) is 144 Å². The van der Waals surface area contributed by atoms with Gasteiger partial charge in [-0.2, -0.15) is 0 Å². The van der Waals surface area contributed by atoms with Crippen LogP contribution in [-0.2, 0) is 0 Å². The predicted molar refractivity (Wildman–Crippen MR) is 217 cm³/mol. The number of hydrogen-bond donors (Lipinski definition) is 0. The van der Waals surface area contributed by atoms with Crippen LogP contribution < -0.4 is 0 Å². The number of furan rings is 1. The number of rotatable bonds is 4. The zero-order valence-corrected chi connectivity index (χ0v) is 29.0. The summed E-state index contributed by atoms with van der Waals surface area (Å²) in [6, 6.07) is 50.2. The van der Waals surface area contributed by atoms with Crippen LogP contribution in [0.25, 0.3) is 107 Å². The Labute approximate surface area is 299 Å². The minimum absolute atomic E-state index is 0.876. The van der Waals surface area contributed by atoms with Gasteiger partial charge in [0.25, 0.3) is 0 Å². The smallest absolute Gasteiger partial charge is 0.136 e. The topological polar surface area (TPSA) is 26.0 Å². The van der Waals surface area contributed by atoms with Crippen LogP contribution in [0.15, 0.2) is 155 Å². The summed E-state index contributed by atoms with van der Waals surface area (Å²) < 4.78 is 10.3. The number of benzene rings is 6. The van der Waals surface area contributed by atoms with Crippen LogP contribution in [0.2, 0.25) is 0 Å². The molecule has 0 saturated heterocycles. The minimum atomic E-state index is 0.876. The summed E-state index contributed by atoms with van der Waals surface area (Å²) in [7, 11) is 0. The summed E-state index contributed by atoms with van der Waals surface area (Å²) in [6.07, 6.45) is 0. The van der Waals surface area contributed by atoms with Crippen molar-refractivity contribution in [2.45, 2.75) is 0 Å². The molecule has 0 saturated carbocycles. The molecule has 11 aromatic rings. The second kappa shape index (κ2) is 11.0. The quantitative estimate of drug-likeness (QED) is 0.184. The molecule has 0 unspecified atom stereocenters. The first-order chi connectivity index (χ1) is 24.8. The van der Waals surface area contributed by atoms with E-state index in [1.165, 1.54) is 57.2 Å². The Hall–Kier alpha value is -5.59. The van der Waals surface area contributed by atoms with E-state index in [-0.39, 0.29) is 0 Å². The Morgan fingerprint density at radius 1 is 0.440 bits per heavy atom. The summed E-state index contributed by atoms with van der Waals surface area (Å²) in [5.41, 5.74) is 10.8. The number of nitrogens with zero attached hydrogens (tertiary/aromatic N) is 1. The van der Waals surface area contributed by atoms with Crippen LogP contribution in [0.4, 0.5) is 0 Å². The van der Waals surface area contributed by atoms with E-state index in [1.807, 2.05) is 17.4 Å². The molecule has 0 bridgehead atoms. The van der Waals surface area contributed by atoms with Gasteiger partial charge in [-0.15, -0.1) is 34.0 Å². The molecular formula is C45H25NOS3. The zero-order chi connectivity index (χ0) is 32.8. The van der Waals surface area contributed by atoms with Crippen molar-refractivity contribution in [3.05, 3.63) is 150 Å². The van der Waals surface area contributed by atoms with Crippen molar-refractivity contribution >= 4 is 97.1 Å². The molecule has 0 aliphatic rings. The molecule has 5 heteroatoms. The minimum Gasteiger partial charge on any atom is -0.456 e. The summed E-state index contributed by atoms with van der Waals surface area (Å²) in [5.74, 6) is 0. The van der Waals surface area contributed by atoms with Gasteiger partial charge < -0.3 is 4.42 Å². The molecule has 234 valence electrons. The average Bonchev–Trinajstić information content (AvgIpc) is 3.98. The van der Waals surface area contributed by atoms with E-state index in [0.717, 1.165) is 49.8 Å². The van der Waals surface area contributed by atoms with Crippen molar-refractivity contribution in [2.75, 3.05) is 0 Å². The lowest BCUT2D eigenvalue weighted by atomic mass is 9.84. The lowest BCUT2D eigenvalue weighted by molar-refractivity contribution is 0.669. The number of pyridine rings is 1. The first-order valence-corrected chi connectivity index (χ1v) is 19.2. The molecule has 0 N–H and O–H groups in total. The van der Waals surface area contributed by atoms with Crippen molar-refractivity contribution in [1.82, 2.24) is 4.98 Å². The summed E-state index contributed by atoms with van der Waals surface area (Å²) >= 11 is 5.43.